The van der Waals surface area contributed by atoms with E-state index in [9.17, 15) is 25.4 Å². The van der Waals surface area contributed by atoms with Crippen LogP contribution in [0.25, 0.3) is 0 Å². The Labute approximate surface area is 65.0 Å². The van der Waals surface area contributed by atoms with Crippen molar-refractivity contribution < 1.29 is 15.0 Å². The SMILES string of the molecule is O=[N+]([O-])C1NC([N+](=O)[O-])[NH+]([O-])N1. The van der Waals surface area contributed by atoms with Crippen molar-refractivity contribution in [3.63, 3.8) is 0 Å². The van der Waals surface area contributed by atoms with Crippen LogP contribution in [-0.4, -0.2) is 22.4 Å². The summed E-state index contributed by atoms with van der Waals surface area (Å²) in [4.78, 5) is 18.3. The molecule has 1 fully saturated rings. The van der Waals surface area contributed by atoms with Gasteiger partial charge in [-0.05, 0) is 0 Å². The van der Waals surface area contributed by atoms with Crippen molar-refractivity contribution in [3.05, 3.63) is 25.4 Å². The summed E-state index contributed by atoms with van der Waals surface area (Å²) in [6.07, 6.45) is -3.28. The lowest BCUT2D eigenvalue weighted by Crippen LogP contribution is -3.17. The topological polar surface area (TPSA) is 138 Å². The molecule has 0 amide bonds. The van der Waals surface area contributed by atoms with E-state index in [0.29, 0.717) is 0 Å². The predicted molar refractivity (Wildman–Crippen MR) is 32.2 cm³/mol. The molecule has 0 aromatic heterocycles. The van der Waals surface area contributed by atoms with Crippen LogP contribution in [0.4, 0.5) is 0 Å². The second-order valence-electron chi connectivity index (χ2n) is 2.05. The number of nitrogens with one attached hydrogen (secondary N) is 3. The van der Waals surface area contributed by atoms with Gasteiger partial charge in [-0.2, -0.15) is 0 Å². The van der Waals surface area contributed by atoms with Crippen LogP contribution in [0.1, 0.15) is 0 Å². The van der Waals surface area contributed by atoms with Crippen LogP contribution in [0.2, 0.25) is 0 Å². The van der Waals surface area contributed by atoms with E-state index in [1.165, 1.54) is 0 Å². The van der Waals surface area contributed by atoms with Crippen LogP contribution in [-0.2, 0) is 0 Å². The van der Waals surface area contributed by atoms with Crippen molar-refractivity contribution in [1.29, 1.82) is 0 Å². The predicted octanol–water partition coefficient (Wildman–Crippen LogP) is -3.40. The second-order valence-corrected chi connectivity index (χ2v) is 2.05. The summed E-state index contributed by atoms with van der Waals surface area (Å²) < 4.78 is 0. The van der Waals surface area contributed by atoms with E-state index in [2.05, 4.69) is 0 Å². The summed E-state index contributed by atoms with van der Waals surface area (Å²) in [5.74, 6) is 0. The molecule has 0 aromatic rings. The smallest absolute Gasteiger partial charge is 0.420 e. The zero-order valence-electron chi connectivity index (χ0n) is 5.59. The third-order valence-corrected chi connectivity index (χ3v) is 1.26. The number of rotatable bonds is 2. The van der Waals surface area contributed by atoms with Gasteiger partial charge in [-0.3, -0.25) is 20.2 Å². The summed E-state index contributed by atoms with van der Waals surface area (Å²) in [6, 6.07) is 0. The first kappa shape index (κ1) is 8.73. The lowest BCUT2D eigenvalue weighted by Gasteiger charge is -2.12. The molecule has 1 aliphatic heterocycles. The molecule has 10 heteroatoms. The first-order valence-electron chi connectivity index (χ1n) is 2.86. The van der Waals surface area contributed by atoms with Crippen molar-refractivity contribution >= 4 is 0 Å². The Balaban J connectivity index is 2.62. The summed E-state index contributed by atoms with van der Waals surface area (Å²) in [5.41, 5.74) is 1.79. The number of hydrogen-bond donors (Lipinski definition) is 3. The van der Waals surface area contributed by atoms with Gasteiger partial charge in [0.2, 0.25) is 0 Å². The molecule has 68 valence electrons. The Morgan fingerprint density at radius 2 is 1.83 bits per heavy atom. The molecule has 0 spiro atoms. The third kappa shape index (κ3) is 1.45. The van der Waals surface area contributed by atoms with Gasteiger partial charge in [-0.25, -0.2) is 5.17 Å². The summed E-state index contributed by atoms with van der Waals surface area (Å²) >= 11 is 0. The molecule has 0 radical (unpaired) electrons. The maximum absolute atomic E-state index is 10.6. The van der Waals surface area contributed by atoms with Gasteiger partial charge in [0.25, 0.3) is 0 Å². The molecule has 12 heavy (non-hydrogen) atoms. The summed E-state index contributed by atoms with van der Waals surface area (Å²) in [7, 11) is 0. The standard InChI is InChI=1S/C2H5N5O5/c8-5-2(7(11)12)3-1(4-5)6(9)10/h1-5H. The highest BCUT2D eigenvalue weighted by Gasteiger charge is 2.45. The van der Waals surface area contributed by atoms with Crippen molar-refractivity contribution in [2.24, 2.45) is 0 Å². The van der Waals surface area contributed by atoms with Gasteiger partial charge in [0.05, 0.1) is 9.85 Å². The molecule has 1 aliphatic rings. The molecule has 3 N–H and O–H groups in total. The van der Waals surface area contributed by atoms with Gasteiger partial charge in [0, 0.05) is 0 Å². The lowest BCUT2D eigenvalue weighted by atomic mass is 10.8. The zero-order chi connectivity index (χ0) is 9.30. The third-order valence-electron chi connectivity index (χ3n) is 1.26. The molecule has 1 heterocycles. The van der Waals surface area contributed by atoms with Crippen LogP contribution in [0, 0.1) is 25.4 Å². The Morgan fingerprint density at radius 1 is 1.25 bits per heavy atom. The highest BCUT2D eigenvalue weighted by Crippen LogP contribution is 1.85. The van der Waals surface area contributed by atoms with Gasteiger partial charge in [-0.1, -0.05) is 5.43 Å². The average Bonchev–Trinajstić information content (AvgIpc) is 2.30. The van der Waals surface area contributed by atoms with E-state index in [0.717, 1.165) is 0 Å². The largest absolute Gasteiger partial charge is 0.607 e. The lowest BCUT2D eigenvalue weighted by molar-refractivity contribution is -0.993. The average molecular weight is 179 g/mol. The highest BCUT2D eigenvalue weighted by molar-refractivity contribution is 4.49. The molecule has 0 aromatic carbocycles. The van der Waals surface area contributed by atoms with Crippen molar-refractivity contribution in [2.75, 3.05) is 0 Å². The highest BCUT2D eigenvalue weighted by atomic mass is 16.7. The van der Waals surface area contributed by atoms with Gasteiger partial charge in [0.15, 0.2) is 0 Å². The fraction of sp³-hybridized carbons (Fsp3) is 1.00. The number of hydrogen-bond acceptors (Lipinski definition) is 7. The van der Waals surface area contributed by atoms with Crippen molar-refractivity contribution in [3.8, 4) is 0 Å². The molecule has 1 saturated heterocycles. The van der Waals surface area contributed by atoms with Crippen LogP contribution in [0.3, 0.4) is 0 Å². The first-order valence-corrected chi connectivity index (χ1v) is 2.86. The van der Waals surface area contributed by atoms with E-state index in [-0.39, 0.29) is 0 Å². The molecular weight excluding hydrogens is 174 g/mol. The maximum Gasteiger partial charge on any atom is 0.420 e. The van der Waals surface area contributed by atoms with Gasteiger partial charge in [-0.15, -0.1) is 5.32 Å². The Hall–Kier alpha value is -1.36. The zero-order valence-corrected chi connectivity index (χ0v) is 5.59. The van der Waals surface area contributed by atoms with Crippen LogP contribution >= 0.6 is 0 Å². The van der Waals surface area contributed by atoms with Gasteiger partial charge < -0.3 is 5.21 Å². The van der Waals surface area contributed by atoms with Crippen LogP contribution in [0.15, 0.2) is 0 Å². The quantitative estimate of drug-likeness (QED) is 0.228. The summed E-state index contributed by atoms with van der Waals surface area (Å²) in [5, 5.41) is 31.6. The minimum atomic E-state index is -1.72. The second kappa shape index (κ2) is 2.94. The molecule has 3 atom stereocenters. The minimum Gasteiger partial charge on any atom is -0.607 e. The monoisotopic (exact) mass is 179 g/mol. The van der Waals surface area contributed by atoms with E-state index in [1.807, 2.05) is 5.32 Å². The summed E-state index contributed by atoms with van der Waals surface area (Å²) in [6.45, 7) is 0. The Kier molecular flexibility index (Phi) is 2.14. The molecule has 0 aliphatic carbocycles. The van der Waals surface area contributed by atoms with E-state index < -0.39 is 27.6 Å². The molecule has 0 saturated carbocycles. The number of nitro groups is 2. The fourth-order valence-corrected chi connectivity index (χ4v) is 0.751. The Bertz CT molecular complexity index is 218. The van der Waals surface area contributed by atoms with Crippen molar-refractivity contribution in [1.82, 2.24) is 10.7 Å². The van der Waals surface area contributed by atoms with E-state index in [4.69, 9.17) is 0 Å². The molecule has 1 rings (SSSR count). The molecule has 0 bridgehead atoms. The van der Waals surface area contributed by atoms with Gasteiger partial charge >= 0.3 is 12.6 Å². The van der Waals surface area contributed by atoms with E-state index >= 15 is 0 Å². The minimum absolute atomic E-state index is 0.860. The molecule has 3 unspecified atom stereocenters. The van der Waals surface area contributed by atoms with Crippen LogP contribution in [0.5, 0.6) is 0 Å². The maximum atomic E-state index is 10.6. The molecule has 10 nitrogen and oxygen atoms in total. The number of quaternary nitrogens is 1. The Morgan fingerprint density at radius 3 is 2.08 bits per heavy atom. The van der Waals surface area contributed by atoms with Crippen molar-refractivity contribution in [2.45, 2.75) is 12.6 Å². The van der Waals surface area contributed by atoms with Crippen LogP contribution < -0.4 is 15.9 Å². The van der Waals surface area contributed by atoms with E-state index in [1.54, 1.807) is 5.43 Å². The number of hydroxylamine groups is 1. The fourth-order valence-electron chi connectivity index (χ4n) is 0.751. The number of nitrogens with zero attached hydrogens (tertiary/aromatic N) is 2. The first-order chi connectivity index (χ1) is 5.52. The normalized spacial score (nSPS) is 34.9. The molecular formula is C2H5N5O5. The van der Waals surface area contributed by atoms with Gasteiger partial charge in [0.1, 0.15) is 0 Å².